The number of sulfonamides is 1. The van der Waals surface area contributed by atoms with Gasteiger partial charge in [0.1, 0.15) is 0 Å². The van der Waals surface area contributed by atoms with E-state index in [-0.39, 0.29) is 24.2 Å². The maximum atomic E-state index is 12.2. The summed E-state index contributed by atoms with van der Waals surface area (Å²) in [6.07, 6.45) is 4.31. The van der Waals surface area contributed by atoms with Gasteiger partial charge in [-0.25, -0.2) is 17.9 Å². The number of amides is 2. The van der Waals surface area contributed by atoms with E-state index in [4.69, 9.17) is 4.74 Å². The number of urea groups is 1. The van der Waals surface area contributed by atoms with Crippen molar-refractivity contribution in [2.24, 2.45) is 0 Å². The third-order valence-electron chi connectivity index (χ3n) is 4.35. The SMILES string of the molecule is CO[C@H](CNC(=O)N[C@H]1CCCC[C@H]1NS(C)(=O)=O)c1ccccc1. The summed E-state index contributed by atoms with van der Waals surface area (Å²) in [5, 5.41) is 5.70. The van der Waals surface area contributed by atoms with Gasteiger partial charge >= 0.3 is 6.03 Å². The fourth-order valence-corrected chi connectivity index (χ4v) is 3.96. The maximum absolute atomic E-state index is 12.2. The van der Waals surface area contributed by atoms with E-state index in [0.29, 0.717) is 6.54 Å². The highest BCUT2D eigenvalue weighted by atomic mass is 32.2. The molecule has 0 radical (unpaired) electrons. The predicted octanol–water partition coefficient (Wildman–Crippen LogP) is 1.53. The molecule has 1 aliphatic carbocycles. The molecule has 0 bridgehead atoms. The molecular weight excluding hydrogens is 342 g/mol. The first-order chi connectivity index (χ1) is 11.9. The molecule has 1 aromatic carbocycles. The van der Waals surface area contributed by atoms with Crippen LogP contribution in [0.25, 0.3) is 0 Å². The molecule has 140 valence electrons. The number of nitrogens with one attached hydrogen (secondary N) is 3. The number of ether oxygens (including phenoxy) is 1. The van der Waals surface area contributed by atoms with Crippen LogP contribution in [0.3, 0.4) is 0 Å². The zero-order valence-electron chi connectivity index (χ0n) is 14.7. The molecule has 0 heterocycles. The van der Waals surface area contributed by atoms with Crippen molar-refractivity contribution >= 4 is 16.1 Å². The van der Waals surface area contributed by atoms with Gasteiger partial charge in [0.05, 0.1) is 12.4 Å². The normalized spacial score (nSPS) is 22.2. The number of rotatable bonds is 7. The molecule has 1 aliphatic rings. The van der Waals surface area contributed by atoms with Gasteiger partial charge in [-0.3, -0.25) is 0 Å². The molecule has 7 nitrogen and oxygen atoms in total. The lowest BCUT2D eigenvalue weighted by molar-refractivity contribution is 0.103. The first-order valence-corrected chi connectivity index (χ1v) is 10.4. The summed E-state index contributed by atoms with van der Waals surface area (Å²) in [6.45, 7) is 0.337. The zero-order chi connectivity index (χ0) is 18.3. The van der Waals surface area contributed by atoms with Crippen LogP contribution in [0.4, 0.5) is 4.79 Å². The lowest BCUT2D eigenvalue weighted by atomic mass is 9.91. The number of hydrogen-bond acceptors (Lipinski definition) is 4. The summed E-state index contributed by atoms with van der Waals surface area (Å²) in [6, 6.07) is 8.87. The van der Waals surface area contributed by atoms with Crippen LogP contribution in [0.1, 0.15) is 37.4 Å². The summed E-state index contributed by atoms with van der Waals surface area (Å²) in [5.74, 6) is 0. The Bertz CT molecular complexity index is 651. The average Bonchev–Trinajstić information content (AvgIpc) is 2.57. The van der Waals surface area contributed by atoms with E-state index in [1.54, 1.807) is 7.11 Å². The second kappa shape index (κ2) is 9.17. The summed E-state index contributed by atoms with van der Waals surface area (Å²) < 4.78 is 31.0. The van der Waals surface area contributed by atoms with Gasteiger partial charge in [0, 0.05) is 25.7 Å². The Labute approximate surface area is 149 Å². The van der Waals surface area contributed by atoms with Crippen molar-refractivity contribution in [1.29, 1.82) is 0 Å². The number of carbonyl (C=O) groups excluding carboxylic acids is 1. The largest absolute Gasteiger partial charge is 0.375 e. The minimum Gasteiger partial charge on any atom is -0.375 e. The highest BCUT2D eigenvalue weighted by molar-refractivity contribution is 7.88. The third kappa shape index (κ3) is 6.64. The minimum atomic E-state index is -3.30. The van der Waals surface area contributed by atoms with Gasteiger partial charge in [0.15, 0.2) is 0 Å². The van der Waals surface area contributed by atoms with Crippen LogP contribution in [0.5, 0.6) is 0 Å². The number of methoxy groups -OCH3 is 1. The van der Waals surface area contributed by atoms with E-state index in [9.17, 15) is 13.2 Å². The summed E-state index contributed by atoms with van der Waals surface area (Å²) >= 11 is 0. The van der Waals surface area contributed by atoms with Crippen LogP contribution in [-0.2, 0) is 14.8 Å². The number of hydrogen-bond donors (Lipinski definition) is 3. The van der Waals surface area contributed by atoms with Gasteiger partial charge in [-0.1, -0.05) is 43.2 Å². The summed E-state index contributed by atoms with van der Waals surface area (Å²) in [4.78, 5) is 12.2. The zero-order valence-corrected chi connectivity index (χ0v) is 15.5. The van der Waals surface area contributed by atoms with E-state index in [1.165, 1.54) is 0 Å². The molecule has 1 saturated carbocycles. The standard InChI is InChI=1S/C17H27N3O4S/c1-24-16(13-8-4-3-5-9-13)12-18-17(21)19-14-10-6-7-11-15(14)20-25(2,22)23/h3-5,8-9,14-16,20H,6-7,10-12H2,1-2H3,(H2,18,19,21)/t14-,15+,16+/m0/s1. The van der Waals surface area contributed by atoms with Gasteiger partial charge in [-0.2, -0.15) is 0 Å². The van der Waals surface area contributed by atoms with Crippen molar-refractivity contribution in [3.63, 3.8) is 0 Å². The van der Waals surface area contributed by atoms with Gasteiger partial charge in [0.2, 0.25) is 10.0 Å². The maximum Gasteiger partial charge on any atom is 0.315 e. The van der Waals surface area contributed by atoms with Crippen molar-refractivity contribution in [1.82, 2.24) is 15.4 Å². The molecule has 0 aliphatic heterocycles. The molecule has 0 unspecified atom stereocenters. The van der Waals surface area contributed by atoms with Gasteiger partial charge in [-0.15, -0.1) is 0 Å². The lowest BCUT2D eigenvalue weighted by Gasteiger charge is -2.32. The van der Waals surface area contributed by atoms with E-state index in [1.807, 2.05) is 30.3 Å². The average molecular weight is 369 g/mol. The molecule has 8 heteroatoms. The smallest absolute Gasteiger partial charge is 0.315 e. The van der Waals surface area contributed by atoms with Crippen molar-refractivity contribution in [3.8, 4) is 0 Å². The van der Waals surface area contributed by atoms with Crippen molar-refractivity contribution in [3.05, 3.63) is 35.9 Å². The topological polar surface area (TPSA) is 96.5 Å². The molecule has 3 N–H and O–H groups in total. The molecular formula is C17H27N3O4S. The highest BCUT2D eigenvalue weighted by Crippen LogP contribution is 2.19. The Hall–Kier alpha value is -1.64. The predicted molar refractivity (Wildman–Crippen MR) is 96.7 cm³/mol. The van der Waals surface area contributed by atoms with Crippen LogP contribution >= 0.6 is 0 Å². The van der Waals surface area contributed by atoms with Crippen molar-refractivity contribution in [2.75, 3.05) is 19.9 Å². The Balaban J connectivity index is 1.87. The molecule has 2 amide bonds. The molecule has 25 heavy (non-hydrogen) atoms. The number of benzene rings is 1. The van der Waals surface area contributed by atoms with Crippen molar-refractivity contribution < 1.29 is 17.9 Å². The van der Waals surface area contributed by atoms with Gasteiger partial charge in [0.25, 0.3) is 0 Å². The molecule has 2 rings (SSSR count). The van der Waals surface area contributed by atoms with Gasteiger partial charge in [-0.05, 0) is 18.4 Å². The summed E-state index contributed by atoms with van der Waals surface area (Å²) in [5.41, 5.74) is 0.986. The first-order valence-electron chi connectivity index (χ1n) is 8.48. The highest BCUT2D eigenvalue weighted by Gasteiger charge is 2.28. The van der Waals surface area contributed by atoms with E-state index in [2.05, 4.69) is 15.4 Å². The minimum absolute atomic E-state index is 0.207. The second-order valence-corrected chi connectivity index (χ2v) is 8.16. The van der Waals surface area contributed by atoms with Crippen molar-refractivity contribution in [2.45, 2.75) is 43.9 Å². The lowest BCUT2D eigenvalue weighted by Crippen LogP contribution is -2.55. The molecule has 0 spiro atoms. The van der Waals surface area contributed by atoms with Crippen LogP contribution in [0, 0.1) is 0 Å². The molecule has 3 atom stereocenters. The van der Waals surface area contributed by atoms with E-state index < -0.39 is 10.0 Å². The summed E-state index contributed by atoms with van der Waals surface area (Å²) in [7, 11) is -1.70. The molecule has 0 saturated heterocycles. The monoisotopic (exact) mass is 369 g/mol. The van der Waals surface area contributed by atoms with Crippen LogP contribution < -0.4 is 15.4 Å². The Morgan fingerprint density at radius 1 is 1.20 bits per heavy atom. The second-order valence-electron chi connectivity index (χ2n) is 6.38. The fourth-order valence-electron chi connectivity index (χ4n) is 3.13. The van der Waals surface area contributed by atoms with Crippen LogP contribution in [-0.4, -0.2) is 46.4 Å². The fraction of sp³-hybridized carbons (Fsp3) is 0.588. The van der Waals surface area contributed by atoms with Crippen LogP contribution in [0.2, 0.25) is 0 Å². The van der Waals surface area contributed by atoms with E-state index >= 15 is 0 Å². The molecule has 1 aromatic rings. The molecule has 1 fully saturated rings. The van der Waals surface area contributed by atoms with Crippen LogP contribution in [0.15, 0.2) is 30.3 Å². The Morgan fingerprint density at radius 3 is 2.44 bits per heavy atom. The third-order valence-corrected chi connectivity index (χ3v) is 5.08. The Kier molecular flexibility index (Phi) is 7.22. The molecule has 0 aromatic heterocycles. The Morgan fingerprint density at radius 2 is 1.84 bits per heavy atom. The van der Waals surface area contributed by atoms with E-state index in [0.717, 1.165) is 37.5 Å². The van der Waals surface area contributed by atoms with Gasteiger partial charge < -0.3 is 15.4 Å². The number of carbonyl (C=O) groups is 1. The first kappa shape index (κ1) is 19.7. The quantitative estimate of drug-likeness (QED) is 0.679.